The standard InChI is InChI=1S/C57H40N4O/c1-35-13-11-22-45-48-33-37(25-28-51(48)60(56(35)45)40-16-3-2-4-17-40)36-26-29-52-47(32-36)44-20-7-9-23-49(44)61(52)50-30-27-41(42-18-5-6-19-43(42)50)38-14-12-15-39(31-38)54-57-55(59-34-58-54)46-21-8-10-24-53(46)62-57/h2-10,12,14-21,23-35H,11,13,22H2,1H3. The van der Waals surface area contributed by atoms with Crippen molar-refractivity contribution < 1.29 is 4.42 Å². The minimum Gasteiger partial charge on any atom is -0.452 e. The van der Waals surface area contributed by atoms with E-state index in [0.29, 0.717) is 11.5 Å². The molecule has 0 N–H and O–H groups in total. The van der Waals surface area contributed by atoms with Gasteiger partial charge < -0.3 is 13.6 Å². The molecule has 4 heterocycles. The van der Waals surface area contributed by atoms with Crippen molar-refractivity contribution in [1.29, 1.82) is 0 Å². The first-order chi connectivity index (χ1) is 30.7. The van der Waals surface area contributed by atoms with Crippen LogP contribution in [0.15, 0.2) is 187 Å². The van der Waals surface area contributed by atoms with Gasteiger partial charge in [-0.25, -0.2) is 9.97 Å². The molecule has 1 atom stereocenters. The molecule has 294 valence electrons. The third-order valence-electron chi connectivity index (χ3n) is 13.4. The second kappa shape index (κ2) is 13.6. The number of aryl methyl sites for hydroxylation is 1. The first kappa shape index (κ1) is 35.0. The number of para-hydroxylation sites is 3. The van der Waals surface area contributed by atoms with Gasteiger partial charge in [0.05, 0.1) is 22.2 Å². The molecule has 0 saturated heterocycles. The van der Waals surface area contributed by atoms with Crippen molar-refractivity contribution in [3.8, 4) is 44.9 Å². The lowest BCUT2D eigenvalue weighted by atomic mass is 9.87. The highest BCUT2D eigenvalue weighted by Gasteiger charge is 2.26. The Kier molecular flexibility index (Phi) is 7.70. The van der Waals surface area contributed by atoms with E-state index in [9.17, 15) is 0 Å². The largest absolute Gasteiger partial charge is 0.452 e. The Hall–Kier alpha value is -7.76. The van der Waals surface area contributed by atoms with Gasteiger partial charge in [-0.1, -0.05) is 116 Å². The lowest BCUT2D eigenvalue weighted by molar-refractivity contribution is 0.571. The van der Waals surface area contributed by atoms with E-state index in [1.54, 1.807) is 6.33 Å². The number of furan rings is 1. The van der Waals surface area contributed by atoms with Crippen LogP contribution in [0.2, 0.25) is 0 Å². The number of hydrogen-bond acceptors (Lipinski definition) is 3. The summed E-state index contributed by atoms with van der Waals surface area (Å²) in [7, 11) is 0. The zero-order valence-electron chi connectivity index (χ0n) is 34.2. The van der Waals surface area contributed by atoms with Crippen LogP contribution in [0.1, 0.15) is 36.9 Å². The van der Waals surface area contributed by atoms with Crippen LogP contribution in [0.3, 0.4) is 0 Å². The molecule has 8 aromatic carbocycles. The molecule has 1 aliphatic carbocycles. The highest BCUT2D eigenvalue weighted by Crippen LogP contribution is 2.44. The lowest BCUT2D eigenvalue weighted by Gasteiger charge is -2.22. The van der Waals surface area contributed by atoms with E-state index in [1.165, 1.54) is 84.4 Å². The molecular weight excluding hydrogens is 757 g/mol. The fourth-order valence-corrected chi connectivity index (χ4v) is 10.6. The SMILES string of the molecule is CC1CCCc2c1n(-c1ccccc1)c1ccc(-c3ccc4c(c3)c3ccccc3n4-c3ccc(-c4cccc(-c5ncnc6c5oc5ccccc56)c4)c4ccccc34)cc21. The van der Waals surface area contributed by atoms with E-state index in [-0.39, 0.29) is 0 Å². The van der Waals surface area contributed by atoms with Gasteiger partial charge in [0, 0.05) is 43.9 Å². The molecule has 12 aromatic rings. The van der Waals surface area contributed by atoms with Gasteiger partial charge in [-0.15, -0.1) is 0 Å². The fraction of sp³-hybridized carbons (Fsp3) is 0.0877. The molecule has 0 amide bonds. The Morgan fingerprint density at radius 3 is 2.06 bits per heavy atom. The zero-order chi connectivity index (χ0) is 40.9. The molecular formula is C57H40N4O. The van der Waals surface area contributed by atoms with Gasteiger partial charge in [0.2, 0.25) is 0 Å². The van der Waals surface area contributed by atoms with Crippen LogP contribution in [-0.4, -0.2) is 19.1 Å². The molecule has 5 heteroatoms. The van der Waals surface area contributed by atoms with Crippen LogP contribution >= 0.6 is 0 Å². The summed E-state index contributed by atoms with van der Waals surface area (Å²) in [4.78, 5) is 9.34. The first-order valence-corrected chi connectivity index (χ1v) is 21.7. The third-order valence-corrected chi connectivity index (χ3v) is 13.4. The van der Waals surface area contributed by atoms with Crippen LogP contribution in [-0.2, 0) is 6.42 Å². The molecule has 1 aliphatic rings. The van der Waals surface area contributed by atoms with Crippen LogP contribution in [0, 0.1) is 0 Å². The second-order valence-corrected chi connectivity index (χ2v) is 16.9. The minimum absolute atomic E-state index is 0.520. The van der Waals surface area contributed by atoms with Crippen molar-refractivity contribution in [1.82, 2.24) is 19.1 Å². The smallest absolute Gasteiger partial charge is 0.180 e. The summed E-state index contributed by atoms with van der Waals surface area (Å²) in [6, 6.07) is 64.0. The Morgan fingerprint density at radius 2 is 1.21 bits per heavy atom. The van der Waals surface area contributed by atoms with E-state index in [1.807, 2.05) is 18.2 Å². The van der Waals surface area contributed by atoms with Crippen LogP contribution in [0.5, 0.6) is 0 Å². The van der Waals surface area contributed by atoms with Gasteiger partial charge in [0.25, 0.3) is 0 Å². The fourth-order valence-electron chi connectivity index (χ4n) is 10.6. The van der Waals surface area contributed by atoms with E-state index >= 15 is 0 Å². The van der Waals surface area contributed by atoms with Gasteiger partial charge in [0.1, 0.15) is 23.1 Å². The number of benzene rings is 8. The molecule has 62 heavy (non-hydrogen) atoms. The molecule has 0 bridgehead atoms. The van der Waals surface area contributed by atoms with Crippen molar-refractivity contribution >= 4 is 65.6 Å². The molecule has 13 rings (SSSR count). The van der Waals surface area contributed by atoms with Crippen molar-refractivity contribution in [2.45, 2.75) is 32.1 Å². The number of fused-ring (bicyclic) bond motifs is 10. The average Bonchev–Trinajstić information content (AvgIpc) is 3.99. The monoisotopic (exact) mass is 796 g/mol. The summed E-state index contributed by atoms with van der Waals surface area (Å²) in [5.41, 5.74) is 18.0. The molecule has 0 aliphatic heterocycles. The summed E-state index contributed by atoms with van der Waals surface area (Å²) < 4.78 is 11.3. The Bertz CT molecular complexity index is 3760. The maximum atomic E-state index is 6.34. The summed E-state index contributed by atoms with van der Waals surface area (Å²) in [6.07, 6.45) is 5.22. The van der Waals surface area contributed by atoms with Gasteiger partial charge in [0.15, 0.2) is 5.58 Å². The lowest BCUT2D eigenvalue weighted by Crippen LogP contribution is -2.10. The average molecular weight is 797 g/mol. The number of aromatic nitrogens is 4. The molecule has 0 spiro atoms. The van der Waals surface area contributed by atoms with Gasteiger partial charge in [-0.2, -0.15) is 0 Å². The quantitative estimate of drug-likeness (QED) is 0.174. The van der Waals surface area contributed by atoms with Crippen molar-refractivity contribution in [3.05, 3.63) is 194 Å². The molecule has 1 unspecified atom stereocenters. The molecule has 0 radical (unpaired) electrons. The number of nitrogens with zero attached hydrogens (tertiary/aromatic N) is 4. The Labute approximate surface area is 358 Å². The van der Waals surface area contributed by atoms with Crippen LogP contribution < -0.4 is 0 Å². The molecule has 0 saturated carbocycles. The summed E-state index contributed by atoms with van der Waals surface area (Å²) in [5, 5.41) is 7.25. The zero-order valence-corrected chi connectivity index (χ0v) is 34.2. The van der Waals surface area contributed by atoms with Crippen LogP contribution in [0.25, 0.3) is 110 Å². The third kappa shape index (κ3) is 5.21. The number of hydrogen-bond donors (Lipinski definition) is 0. The summed E-state index contributed by atoms with van der Waals surface area (Å²) >= 11 is 0. The van der Waals surface area contributed by atoms with Crippen molar-refractivity contribution in [3.63, 3.8) is 0 Å². The Balaban J connectivity index is 0.941. The number of rotatable bonds is 5. The van der Waals surface area contributed by atoms with Gasteiger partial charge >= 0.3 is 0 Å². The van der Waals surface area contributed by atoms with Crippen molar-refractivity contribution in [2.24, 2.45) is 0 Å². The van der Waals surface area contributed by atoms with Gasteiger partial charge in [-0.3, -0.25) is 0 Å². The topological polar surface area (TPSA) is 48.8 Å². The molecule has 5 nitrogen and oxygen atoms in total. The normalized spacial score (nSPS) is 14.2. The van der Waals surface area contributed by atoms with Gasteiger partial charge in [-0.05, 0) is 125 Å². The first-order valence-electron chi connectivity index (χ1n) is 21.7. The predicted octanol–water partition coefficient (Wildman–Crippen LogP) is 15.0. The van der Waals surface area contributed by atoms with Crippen molar-refractivity contribution in [2.75, 3.05) is 0 Å². The molecule has 4 aromatic heterocycles. The predicted molar refractivity (Wildman–Crippen MR) is 256 cm³/mol. The highest BCUT2D eigenvalue weighted by atomic mass is 16.3. The van der Waals surface area contributed by atoms with E-state index in [4.69, 9.17) is 9.40 Å². The molecule has 0 fully saturated rings. The van der Waals surface area contributed by atoms with E-state index in [0.717, 1.165) is 51.0 Å². The maximum Gasteiger partial charge on any atom is 0.180 e. The maximum absolute atomic E-state index is 6.34. The summed E-state index contributed by atoms with van der Waals surface area (Å²) in [5.74, 6) is 0.520. The van der Waals surface area contributed by atoms with E-state index < -0.39 is 0 Å². The van der Waals surface area contributed by atoms with E-state index in [2.05, 4.69) is 179 Å². The second-order valence-electron chi connectivity index (χ2n) is 16.9. The minimum atomic E-state index is 0.520. The Morgan fingerprint density at radius 1 is 0.516 bits per heavy atom. The van der Waals surface area contributed by atoms with Crippen LogP contribution in [0.4, 0.5) is 0 Å². The highest BCUT2D eigenvalue weighted by molar-refractivity contribution is 6.13. The summed E-state index contributed by atoms with van der Waals surface area (Å²) in [6.45, 7) is 2.40.